The average molecular weight is 487 g/mol. The van der Waals surface area contributed by atoms with Gasteiger partial charge in [-0.3, -0.25) is 0 Å². The summed E-state index contributed by atoms with van der Waals surface area (Å²) in [7, 11) is 0. The lowest BCUT2D eigenvalue weighted by atomic mass is 9.66. The van der Waals surface area contributed by atoms with Gasteiger partial charge in [-0.1, -0.05) is 19.8 Å². The van der Waals surface area contributed by atoms with Crippen molar-refractivity contribution >= 4 is 11.8 Å². The van der Waals surface area contributed by atoms with Crippen LogP contribution < -0.4 is 0 Å². The molecule has 0 spiro atoms. The smallest absolute Gasteiger partial charge is 0.187 e. The lowest BCUT2D eigenvalue weighted by Gasteiger charge is -2.41. The summed E-state index contributed by atoms with van der Waals surface area (Å²) in [5.74, 6) is 5.86. The summed E-state index contributed by atoms with van der Waals surface area (Å²) < 4.78 is 18.8. The number of rotatable bonds is 6. The van der Waals surface area contributed by atoms with E-state index in [1.54, 1.807) is 0 Å². The minimum atomic E-state index is -0.115. The minimum absolute atomic E-state index is 0.109. The summed E-state index contributed by atoms with van der Waals surface area (Å²) in [6.07, 6.45) is 14.7. The van der Waals surface area contributed by atoms with Crippen LogP contribution in [0.2, 0.25) is 0 Å². The standard InChI is InChI=1S/C30H50N2O3/c1-20-6-8-21(9-7-20)17-33-24-13-10-22(11-14-24)23-12-15-25(27-31-29(2,3)18-34-27)26(16-23)28-32-30(4,5)19-35-28/h20-26H,6-19H2,1-5H3. The summed E-state index contributed by atoms with van der Waals surface area (Å²) in [5, 5.41) is 0. The molecule has 3 fully saturated rings. The summed E-state index contributed by atoms with van der Waals surface area (Å²) in [6, 6.07) is 0. The Kier molecular flexibility index (Phi) is 7.55. The summed E-state index contributed by atoms with van der Waals surface area (Å²) in [5.41, 5.74) is -0.223. The van der Waals surface area contributed by atoms with Crippen LogP contribution in [0.15, 0.2) is 9.98 Å². The van der Waals surface area contributed by atoms with Crippen molar-refractivity contribution in [3.63, 3.8) is 0 Å². The Morgan fingerprint density at radius 2 is 1.29 bits per heavy atom. The maximum atomic E-state index is 6.45. The monoisotopic (exact) mass is 486 g/mol. The Hall–Kier alpha value is -1.10. The molecule has 2 aliphatic heterocycles. The first-order valence-corrected chi connectivity index (χ1v) is 14.7. The van der Waals surface area contributed by atoms with Crippen LogP contribution in [-0.2, 0) is 14.2 Å². The van der Waals surface area contributed by atoms with E-state index in [0.29, 0.717) is 31.2 Å². The van der Waals surface area contributed by atoms with E-state index >= 15 is 0 Å². The first-order chi connectivity index (χ1) is 16.7. The van der Waals surface area contributed by atoms with E-state index in [0.717, 1.165) is 48.5 Å². The zero-order valence-electron chi connectivity index (χ0n) is 23.1. The molecule has 3 saturated carbocycles. The predicted molar refractivity (Wildman–Crippen MR) is 142 cm³/mol. The van der Waals surface area contributed by atoms with Gasteiger partial charge in [0.15, 0.2) is 11.8 Å². The average Bonchev–Trinajstić information content (AvgIpc) is 3.39. The van der Waals surface area contributed by atoms with Crippen molar-refractivity contribution in [2.24, 2.45) is 45.5 Å². The molecular formula is C30H50N2O3. The van der Waals surface area contributed by atoms with Crippen molar-refractivity contribution in [3.05, 3.63) is 0 Å². The van der Waals surface area contributed by atoms with Gasteiger partial charge in [-0.25, -0.2) is 9.98 Å². The van der Waals surface area contributed by atoms with Crippen LogP contribution in [-0.4, -0.2) is 48.8 Å². The fourth-order valence-corrected chi connectivity index (χ4v) is 7.30. The summed E-state index contributed by atoms with van der Waals surface area (Å²) >= 11 is 0. The molecule has 3 aliphatic carbocycles. The Balaban J connectivity index is 1.17. The molecule has 5 nitrogen and oxygen atoms in total. The molecule has 5 rings (SSSR count). The second-order valence-electron chi connectivity index (χ2n) is 13.9. The van der Waals surface area contributed by atoms with Gasteiger partial charge in [0.2, 0.25) is 0 Å². The number of hydrogen-bond acceptors (Lipinski definition) is 5. The lowest BCUT2D eigenvalue weighted by molar-refractivity contribution is -0.0171. The Bertz CT molecular complexity index is 787. The number of ether oxygens (including phenoxy) is 3. The molecule has 0 aromatic heterocycles. The van der Waals surface area contributed by atoms with Crippen LogP contribution >= 0.6 is 0 Å². The zero-order valence-corrected chi connectivity index (χ0v) is 23.1. The van der Waals surface area contributed by atoms with E-state index in [2.05, 4.69) is 34.6 Å². The molecule has 0 saturated heterocycles. The predicted octanol–water partition coefficient (Wildman–Crippen LogP) is 6.84. The van der Waals surface area contributed by atoms with Gasteiger partial charge in [0.1, 0.15) is 13.2 Å². The van der Waals surface area contributed by atoms with Crippen molar-refractivity contribution in [2.75, 3.05) is 19.8 Å². The van der Waals surface area contributed by atoms with Gasteiger partial charge >= 0.3 is 0 Å². The first-order valence-electron chi connectivity index (χ1n) is 14.7. The molecule has 0 radical (unpaired) electrons. The van der Waals surface area contributed by atoms with E-state index in [-0.39, 0.29) is 11.1 Å². The highest BCUT2D eigenvalue weighted by Crippen LogP contribution is 2.46. The molecule has 0 bridgehead atoms. The highest BCUT2D eigenvalue weighted by Gasteiger charge is 2.45. The Labute approximate surface area is 213 Å². The highest BCUT2D eigenvalue weighted by atomic mass is 16.5. The van der Waals surface area contributed by atoms with Crippen LogP contribution in [0.5, 0.6) is 0 Å². The molecule has 0 aromatic rings. The van der Waals surface area contributed by atoms with Crippen molar-refractivity contribution in [3.8, 4) is 0 Å². The maximum Gasteiger partial charge on any atom is 0.187 e. The fraction of sp³-hybridized carbons (Fsp3) is 0.933. The normalized spacial score (nSPS) is 41.0. The molecule has 5 aliphatic rings. The zero-order chi connectivity index (χ0) is 24.6. The molecule has 5 heteroatoms. The molecule has 0 amide bonds. The second-order valence-corrected chi connectivity index (χ2v) is 13.9. The quantitative estimate of drug-likeness (QED) is 0.413. The van der Waals surface area contributed by atoms with Crippen molar-refractivity contribution in [2.45, 2.75) is 122 Å². The number of hydrogen-bond donors (Lipinski definition) is 0. The molecular weight excluding hydrogens is 436 g/mol. The third-order valence-corrected chi connectivity index (χ3v) is 9.59. The Morgan fingerprint density at radius 3 is 1.86 bits per heavy atom. The minimum Gasteiger partial charge on any atom is -0.478 e. The SMILES string of the molecule is CC1CCC(COC2CCC(C3CCC(C4=NC(C)(C)CO4)C(C4=NC(C)(C)CO4)C3)CC2)CC1. The van der Waals surface area contributed by atoms with E-state index in [9.17, 15) is 0 Å². The molecule has 3 unspecified atom stereocenters. The molecule has 35 heavy (non-hydrogen) atoms. The van der Waals surface area contributed by atoms with Crippen LogP contribution in [0.3, 0.4) is 0 Å². The van der Waals surface area contributed by atoms with Crippen molar-refractivity contribution in [1.82, 2.24) is 0 Å². The highest BCUT2D eigenvalue weighted by molar-refractivity contribution is 5.89. The molecule has 2 heterocycles. The van der Waals surface area contributed by atoms with Gasteiger partial charge in [0.25, 0.3) is 0 Å². The number of aliphatic imine (C=N–C) groups is 2. The topological polar surface area (TPSA) is 52.4 Å². The van der Waals surface area contributed by atoms with Gasteiger partial charge in [-0.05, 0) is 109 Å². The van der Waals surface area contributed by atoms with Gasteiger partial charge in [-0.15, -0.1) is 0 Å². The van der Waals surface area contributed by atoms with E-state index < -0.39 is 0 Å². The van der Waals surface area contributed by atoms with Crippen molar-refractivity contribution < 1.29 is 14.2 Å². The first kappa shape index (κ1) is 25.5. The van der Waals surface area contributed by atoms with Crippen LogP contribution in [0.25, 0.3) is 0 Å². The van der Waals surface area contributed by atoms with Gasteiger partial charge in [-0.2, -0.15) is 0 Å². The lowest BCUT2D eigenvalue weighted by Crippen LogP contribution is -2.39. The maximum absolute atomic E-state index is 6.45. The van der Waals surface area contributed by atoms with Gasteiger partial charge in [0, 0.05) is 18.4 Å². The third-order valence-electron chi connectivity index (χ3n) is 9.59. The van der Waals surface area contributed by atoms with E-state index in [4.69, 9.17) is 24.2 Å². The molecule has 0 aromatic carbocycles. The van der Waals surface area contributed by atoms with E-state index in [1.807, 2.05) is 0 Å². The molecule has 0 N–H and O–H groups in total. The second kappa shape index (κ2) is 10.3. The Morgan fingerprint density at radius 1 is 0.714 bits per heavy atom. The van der Waals surface area contributed by atoms with E-state index in [1.165, 1.54) is 64.2 Å². The molecule has 3 atom stereocenters. The summed E-state index contributed by atoms with van der Waals surface area (Å²) in [4.78, 5) is 10.0. The number of nitrogens with zero attached hydrogens (tertiary/aromatic N) is 2. The fourth-order valence-electron chi connectivity index (χ4n) is 7.30. The molecule has 198 valence electrons. The van der Waals surface area contributed by atoms with Gasteiger partial charge < -0.3 is 14.2 Å². The van der Waals surface area contributed by atoms with Gasteiger partial charge in [0.05, 0.1) is 17.2 Å². The summed E-state index contributed by atoms with van der Waals surface area (Å²) in [6.45, 7) is 13.5. The largest absolute Gasteiger partial charge is 0.478 e. The third kappa shape index (κ3) is 6.25. The van der Waals surface area contributed by atoms with Crippen LogP contribution in [0, 0.1) is 35.5 Å². The van der Waals surface area contributed by atoms with Crippen LogP contribution in [0.1, 0.15) is 105 Å². The van der Waals surface area contributed by atoms with Crippen LogP contribution in [0.4, 0.5) is 0 Å². The van der Waals surface area contributed by atoms with Crippen molar-refractivity contribution in [1.29, 1.82) is 0 Å².